The number of aliphatic hydroxyl groups excluding tert-OH is 4. The highest BCUT2D eigenvalue weighted by molar-refractivity contribution is 5.94. The average molecular weight is 541 g/mol. The van der Waals surface area contributed by atoms with E-state index in [2.05, 4.69) is 16.0 Å². The van der Waals surface area contributed by atoms with Gasteiger partial charge in [-0.05, 0) is 19.4 Å². The van der Waals surface area contributed by atoms with Gasteiger partial charge < -0.3 is 51.6 Å². The highest BCUT2D eigenvalue weighted by Gasteiger charge is 2.45. The summed E-state index contributed by atoms with van der Waals surface area (Å²) >= 11 is 0. The van der Waals surface area contributed by atoms with E-state index in [1.165, 1.54) is 20.8 Å². The van der Waals surface area contributed by atoms with Crippen LogP contribution in [0, 0.1) is 0 Å². The fraction of sp³-hybridized carbons (Fsp3) is 0.583. The smallest absolute Gasteiger partial charge is 0.245 e. The number of benzene rings is 1. The third-order valence-electron chi connectivity index (χ3n) is 6.01. The molecule has 1 aliphatic rings. The molecule has 1 saturated heterocycles. The summed E-state index contributed by atoms with van der Waals surface area (Å²) in [4.78, 5) is 49.6. The standard InChI is InChI=1S/C24H36N4O10/c1-11(21(25)34)26-23(36)17(12(2)37-24-20(33)19(32)18(31)16(10-29)38-24)28-22(35)15(27-13(3)30)9-14-7-5-4-6-8-14/h4-8,11-12,15-20,24,29,31-33H,9-10H2,1-3H3,(H2,25,34)(H,26,36)(H,27,30)(H,28,35)/t11-,12+,15+,16+,17-,18-,19-,20+,24+/m0/s1. The lowest BCUT2D eigenvalue weighted by Gasteiger charge is -2.41. The van der Waals surface area contributed by atoms with Crippen molar-refractivity contribution in [3.05, 3.63) is 35.9 Å². The SMILES string of the molecule is CC(=O)N[C@H](Cc1ccccc1)C(=O)N[C@H](C(=O)N[C@@H](C)C(N)=O)[C@@H](C)O[C@@H]1O[C@H](CO)[C@H](O)[C@H](O)[C@H]1O. The molecule has 1 aromatic carbocycles. The molecule has 2 rings (SSSR count). The maximum atomic E-state index is 13.2. The molecule has 0 aliphatic carbocycles. The molecule has 1 aliphatic heterocycles. The average Bonchev–Trinajstić information content (AvgIpc) is 2.87. The predicted molar refractivity (Wildman–Crippen MR) is 131 cm³/mol. The zero-order valence-electron chi connectivity index (χ0n) is 21.3. The van der Waals surface area contributed by atoms with Crippen molar-refractivity contribution in [3.63, 3.8) is 0 Å². The van der Waals surface area contributed by atoms with Gasteiger partial charge in [0.05, 0.1) is 12.7 Å². The van der Waals surface area contributed by atoms with Crippen molar-refractivity contribution in [3.8, 4) is 0 Å². The monoisotopic (exact) mass is 540 g/mol. The van der Waals surface area contributed by atoms with Crippen LogP contribution in [0.15, 0.2) is 30.3 Å². The third-order valence-corrected chi connectivity index (χ3v) is 6.01. The summed E-state index contributed by atoms with van der Waals surface area (Å²) in [5, 5.41) is 47.1. The van der Waals surface area contributed by atoms with E-state index < -0.39 is 85.2 Å². The second-order valence-electron chi connectivity index (χ2n) is 9.10. The van der Waals surface area contributed by atoms with Crippen molar-refractivity contribution in [2.75, 3.05) is 6.61 Å². The Morgan fingerprint density at radius 1 is 0.974 bits per heavy atom. The van der Waals surface area contributed by atoms with Gasteiger partial charge in [0.15, 0.2) is 6.29 Å². The fourth-order valence-electron chi connectivity index (χ4n) is 3.80. The van der Waals surface area contributed by atoms with Crippen LogP contribution in [0.25, 0.3) is 0 Å². The number of amides is 4. The first-order chi connectivity index (χ1) is 17.8. The topological polar surface area (TPSA) is 230 Å². The summed E-state index contributed by atoms with van der Waals surface area (Å²) in [6.45, 7) is 3.21. The van der Waals surface area contributed by atoms with Gasteiger partial charge >= 0.3 is 0 Å². The Bertz CT molecular complexity index is 963. The molecule has 9 N–H and O–H groups in total. The first kappa shape index (κ1) is 31.1. The minimum absolute atomic E-state index is 0.0975. The van der Waals surface area contributed by atoms with Crippen LogP contribution in [0.3, 0.4) is 0 Å². The Morgan fingerprint density at radius 2 is 1.61 bits per heavy atom. The first-order valence-corrected chi connectivity index (χ1v) is 12.0. The second kappa shape index (κ2) is 14.1. The highest BCUT2D eigenvalue weighted by atomic mass is 16.7. The van der Waals surface area contributed by atoms with Crippen molar-refractivity contribution in [2.24, 2.45) is 5.73 Å². The second-order valence-corrected chi connectivity index (χ2v) is 9.10. The molecule has 0 radical (unpaired) electrons. The summed E-state index contributed by atoms with van der Waals surface area (Å²) in [5.74, 6) is -2.95. The highest BCUT2D eigenvalue weighted by Crippen LogP contribution is 2.23. The fourth-order valence-corrected chi connectivity index (χ4v) is 3.80. The summed E-state index contributed by atoms with van der Waals surface area (Å²) in [7, 11) is 0. The first-order valence-electron chi connectivity index (χ1n) is 12.0. The Kier molecular flexibility index (Phi) is 11.6. The number of ether oxygens (including phenoxy) is 2. The van der Waals surface area contributed by atoms with Gasteiger partial charge in [0.1, 0.15) is 42.5 Å². The molecular formula is C24H36N4O10. The zero-order valence-corrected chi connectivity index (χ0v) is 21.3. The van der Waals surface area contributed by atoms with Crippen molar-refractivity contribution in [1.29, 1.82) is 0 Å². The van der Waals surface area contributed by atoms with Crippen LogP contribution in [-0.2, 0) is 35.1 Å². The van der Waals surface area contributed by atoms with E-state index in [1.807, 2.05) is 0 Å². The van der Waals surface area contributed by atoms with E-state index in [0.717, 1.165) is 5.56 Å². The van der Waals surface area contributed by atoms with Crippen molar-refractivity contribution in [1.82, 2.24) is 16.0 Å². The molecule has 14 heteroatoms. The number of rotatable bonds is 12. The molecule has 0 bridgehead atoms. The maximum Gasteiger partial charge on any atom is 0.245 e. The number of aliphatic hydroxyl groups is 4. The van der Waals surface area contributed by atoms with Crippen molar-refractivity contribution in [2.45, 2.75) is 82.1 Å². The molecule has 14 nitrogen and oxygen atoms in total. The number of carbonyl (C=O) groups is 4. The number of hydrogen-bond acceptors (Lipinski definition) is 10. The van der Waals surface area contributed by atoms with Gasteiger partial charge in [0.2, 0.25) is 23.6 Å². The third kappa shape index (κ3) is 8.44. The van der Waals surface area contributed by atoms with Gasteiger partial charge in [0.25, 0.3) is 0 Å². The molecule has 38 heavy (non-hydrogen) atoms. The van der Waals surface area contributed by atoms with Gasteiger partial charge in [-0.3, -0.25) is 19.2 Å². The van der Waals surface area contributed by atoms with Crippen LogP contribution in [0.1, 0.15) is 26.3 Å². The van der Waals surface area contributed by atoms with E-state index in [-0.39, 0.29) is 6.42 Å². The van der Waals surface area contributed by atoms with Gasteiger partial charge in [-0.25, -0.2) is 0 Å². The Morgan fingerprint density at radius 3 is 2.16 bits per heavy atom. The van der Waals surface area contributed by atoms with Crippen LogP contribution in [-0.4, -0.2) is 106 Å². The Hall–Kier alpha value is -3.14. The molecule has 0 spiro atoms. The summed E-state index contributed by atoms with van der Waals surface area (Å²) in [6, 6.07) is 5.12. The number of carbonyl (C=O) groups excluding carboxylic acids is 4. The minimum Gasteiger partial charge on any atom is -0.394 e. The molecule has 212 valence electrons. The minimum atomic E-state index is -1.76. The molecular weight excluding hydrogens is 504 g/mol. The normalized spacial score (nSPS) is 26.3. The molecule has 9 atom stereocenters. The van der Waals surface area contributed by atoms with Gasteiger partial charge in [-0.15, -0.1) is 0 Å². The molecule has 0 aromatic heterocycles. The lowest BCUT2D eigenvalue weighted by atomic mass is 9.99. The molecule has 0 unspecified atom stereocenters. The van der Waals surface area contributed by atoms with Crippen LogP contribution < -0.4 is 21.7 Å². The maximum absolute atomic E-state index is 13.2. The van der Waals surface area contributed by atoms with E-state index in [9.17, 15) is 39.6 Å². The van der Waals surface area contributed by atoms with Gasteiger partial charge in [-0.1, -0.05) is 30.3 Å². The number of hydrogen-bond donors (Lipinski definition) is 8. The van der Waals surface area contributed by atoms with Crippen LogP contribution >= 0.6 is 0 Å². The lowest BCUT2D eigenvalue weighted by Crippen LogP contribution is -2.63. The molecule has 1 fully saturated rings. The Labute approximate surface area is 219 Å². The summed E-state index contributed by atoms with van der Waals surface area (Å²) in [6.07, 6.45) is -9.14. The van der Waals surface area contributed by atoms with Crippen LogP contribution in [0.2, 0.25) is 0 Å². The lowest BCUT2D eigenvalue weighted by molar-refractivity contribution is -0.311. The molecule has 4 amide bonds. The van der Waals surface area contributed by atoms with E-state index in [4.69, 9.17) is 15.2 Å². The largest absolute Gasteiger partial charge is 0.394 e. The van der Waals surface area contributed by atoms with Gasteiger partial charge in [0, 0.05) is 13.3 Å². The number of primary amides is 1. The Balaban J connectivity index is 2.27. The number of nitrogens with one attached hydrogen (secondary N) is 3. The predicted octanol–water partition coefficient (Wildman–Crippen LogP) is -3.59. The molecule has 1 heterocycles. The quantitative estimate of drug-likeness (QED) is 0.130. The van der Waals surface area contributed by atoms with E-state index in [1.54, 1.807) is 30.3 Å². The molecule has 1 aromatic rings. The summed E-state index contributed by atoms with van der Waals surface area (Å²) < 4.78 is 11.0. The number of nitrogens with two attached hydrogens (primary N) is 1. The van der Waals surface area contributed by atoms with E-state index >= 15 is 0 Å². The van der Waals surface area contributed by atoms with Gasteiger partial charge in [-0.2, -0.15) is 0 Å². The van der Waals surface area contributed by atoms with Crippen molar-refractivity contribution >= 4 is 23.6 Å². The van der Waals surface area contributed by atoms with Crippen molar-refractivity contribution < 1.29 is 49.1 Å². The van der Waals surface area contributed by atoms with E-state index in [0.29, 0.717) is 0 Å². The summed E-state index contributed by atoms with van der Waals surface area (Å²) in [5.41, 5.74) is 5.96. The molecule has 0 saturated carbocycles. The van der Waals surface area contributed by atoms with Crippen LogP contribution in [0.5, 0.6) is 0 Å². The van der Waals surface area contributed by atoms with Crippen LogP contribution in [0.4, 0.5) is 0 Å². The zero-order chi connectivity index (χ0) is 28.6.